The summed E-state index contributed by atoms with van der Waals surface area (Å²) < 4.78 is 0. The molecule has 2 bridgehead atoms. The van der Waals surface area contributed by atoms with Crippen LogP contribution in [-0.4, -0.2) is 54.4 Å². The molecule has 3 atom stereocenters. The third-order valence-corrected chi connectivity index (χ3v) is 5.90. The van der Waals surface area contributed by atoms with E-state index in [1.54, 1.807) is 30.9 Å². The third-order valence-electron chi connectivity index (χ3n) is 5.90. The fourth-order valence-electron chi connectivity index (χ4n) is 4.55. The molecule has 5 rings (SSSR count). The number of likely N-dealkylation sites (tertiary alicyclic amines) is 1. The number of nitrogens with one attached hydrogen (secondary N) is 1. The van der Waals surface area contributed by atoms with E-state index in [2.05, 4.69) is 30.2 Å². The molecule has 1 saturated heterocycles. The number of anilines is 1. The predicted molar refractivity (Wildman–Crippen MR) is 112 cm³/mol. The quantitative estimate of drug-likeness (QED) is 0.718. The number of fused-ring (bicyclic) bond motifs is 2. The predicted octanol–water partition coefficient (Wildman–Crippen LogP) is 2.66. The Kier molecular flexibility index (Phi) is 4.61. The van der Waals surface area contributed by atoms with E-state index in [-0.39, 0.29) is 18.0 Å². The number of piperidine rings is 1. The number of aryl methyl sites for hydroxylation is 2. The summed E-state index contributed by atoms with van der Waals surface area (Å²) in [6.45, 7) is 4.56. The van der Waals surface area contributed by atoms with Crippen LogP contribution < -0.4 is 5.32 Å². The van der Waals surface area contributed by atoms with E-state index >= 15 is 0 Å². The van der Waals surface area contributed by atoms with Crippen LogP contribution in [0.15, 0.2) is 43.0 Å². The van der Waals surface area contributed by atoms with E-state index in [1.807, 2.05) is 30.9 Å². The van der Waals surface area contributed by atoms with Gasteiger partial charge in [-0.2, -0.15) is 0 Å². The molecule has 1 N–H and O–H groups in total. The Morgan fingerprint density at radius 2 is 1.87 bits per heavy atom. The van der Waals surface area contributed by atoms with Crippen molar-refractivity contribution in [2.75, 3.05) is 11.9 Å². The Morgan fingerprint density at radius 3 is 2.60 bits per heavy atom. The molecule has 1 aliphatic heterocycles. The lowest BCUT2D eigenvalue weighted by Gasteiger charge is -2.34. The van der Waals surface area contributed by atoms with Crippen LogP contribution in [0.3, 0.4) is 0 Å². The van der Waals surface area contributed by atoms with Crippen molar-refractivity contribution in [1.82, 2.24) is 29.8 Å². The van der Waals surface area contributed by atoms with Crippen molar-refractivity contribution >= 4 is 11.7 Å². The minimum atomic E-state index is -0.0601. The van der Waals surface area contributed by atoms with Gasteiger partial charge in [0.15, 0.2) is 5.82 Å². The lowest BCUT2D eigenvalue weighted by Crippen LogP contribution is -2.48. The van der Waals surface area contributed by atoms with Crippen molar-refractivity contribution in [1.29, 1.82) is 0 Å². The van der Waals surface area contributed by atoms with Gasteiger partial charge in [0.2, 0.25) is 0 Å². The fraction of sp³-hybridized carbons (Fsp3) is 0.364. The van der Waals surface area contributed by atoms with Gasteiger partial charge in [0, 0.05) is 30.7 Å². The second-order valence-corrected chi connectivity index (χ2v) is 8.08. The van der Waals surface area contributed by atoms with Gasteiger partial charge in [-0.25, -0.2) is 19.9 Å². The molecule has 2 aliphatic rings. The molecule has 2 fully saturated rings. The van der Waals surface area contributed by atoms with Gasteiger partial charge in [-0.15, -0.1) is 0 Å². The minimum absolute atomic E-state index is 0.0601. The van der Waals surface area contributed by atoms with Crippen LogP contribution in [0.4, 0.5) is 5.82 Å². The molecule has 0 radical (unpaired) electrons. The number of hydrogen-bond acceptors (Lipinski definition) is 7. The number of carbonyl (C=O) groups excluding carboxylic acids is 1. The lowest BCUT2D eigenvalue weighted by atomic mass is 10.0. The standard InChI is InChI=1S/C22H23N7O/c1-13-4-5-16(21-23-6-3-7-24-21)20(27-13)22(30)29-12-15-8-17(18(29)9-15)28-19-11-25-14(2)10-26-19/h3-7,10-11,15,17-18H,8-9,12H2,1-2H3,(H,26,28). The summed E-state index contributed by atoms with van der Waals surface area (Å²) in [5.41, 5.74) is 2.77. The Morgan fingerprint density at radius 1 is 1.03 bits per heavy atom. The van der Waals surface area contributed by atoms with Crippen LogP contribution in [0, 0.1) is 19.8 Å². The zero-order chi connectivity index (χ0) is 20.7. The lowest BCUT2D eigenvalue weighted by molar-refractivity contribution is 0.0686. The Balaban J connectivity index is 1.42. The normalized spacial score (nSPS) is 22.3. The first-order chi connectivity index (χ1) is 14.6. The zero-order valence-corrected chi connectivity index (χ0v) is 17.0. The number of rotatable bonds is 4. The molecule has 3 aromatic rings. The molecule has 152 valence electrons. The smallest absolute Gasteiger partial charge is 0.273 e. The van der Waals surface area contributed by atoms with Gasteiger partial charge < -0.3 is 10.2 Å². The fourth-order valence-corrected chi connectivity index (χ4v) is 4.55. The van der Waals surface area contributed by atoms with Gasteiger partial charge in [-0.1, -0.05) is 0 Å². The van der Waals surface area contributed by atoms with Gasteiger partial charge in [0.25, 0.3) is 5.91 Å². The monoisotopic (exact) mass is 401 g/mol. The first-order valence-corrected chi connectivity index (χ1v) is 10.2. The Hall–Kier alpha value is -3.42. The van der Waals surface area contributed by atoms with E-state index in [9.17, 15) is 4.79 Å². The highest BCUT2D eigenvalue weighted by Crippen LogP contribution is 2.40. The molecule has 3 unspecified atom stereocenters. The number of aromatic nitrogens is 5. The third kappa shape index (κ3) is 3.38. The average molecular weight is 401 g/mol. The van der Waals surface area contributed by atoms with Gasteiger partial charge >= 0.3 is 0 Å². The van der Waals surface area contributed by atoms with E-state index in [0.717, 1.165) is 36.6 Å². The number of amides is 1. The number of pyridine rings is 1. The van der Waals surface area contributed by atoms with Crippen molar-refractivity contribution < 1.29 is 4.79 Å². The molecule has 8 heteroatoms. The summed E-state index contributed by atoms with van der Waals surface area (Å²) >= 11 is 0. The van der Waals surface area contributed by atoms with E-state index in [0.29, 0.717) is 23.0 Å². The molecule has 1 aliphatic carbocycles. The molecule has 0 aromatic carbocycles. The number of carbonyl (C=O) groups is 1. The summed E-state index contributed by atoms with van der Waals surface area (Å²) in [4.78, 5) is 37.5. The van der Waals surface area contributed by atoms with Gasteiger partial charge in [-0.05, 0) is 50.8 Å². The Bertz CT molecular complexity index is 1070. The Labute approximate surface area is 174 Å². The first-order valence-electron chi connectivity index (χ1n) is 10.2. The maximum Gasteiger partial charge on any atom is 0.273 e. The summed E-state index contributed by atoms with van der Waals surface area (Å²) in [7, 11) is 0. The van der Waals surface area contributed by atoms with Crippen LogP contribution in [0.1, 0.15) is 34.7 Å². The van der Waals surface area contributed by atoms with E-state index in [4.69, 9.17) is 0 Å². The van der Waals surface area contributed by atoms with E-state index in [1.165, 1.54) is 0 Å². The average Bonchev–Trinajstić information content (AvgIpc) is 3.36. The van der Waals surface area contributed by atoms with Crippen molar-refractivity contribution in [3.05, 3.63) is 60.1 Å². The molecule has 1 amide bonds. The van der Waals surface area contributed by atoms with Gasteiger partial charge in [0.1, 0.15) is 11.5 Å². The van der Waals surface area contributed by atoms with Crippen LogP contribution in [0.25, 0.3) is 11.4 Å². The molecule has 1 saturated carbocycles. The summed E-state index contributed by atoms with van der Waals surface area (Å²) in [5.74, 6) is 1.69. The molecule has 8 nitrogen and oxygen atoms in total. The summed E-state index contributed by atoms with van der Waals surface area (Å²) in [6.07, 6.45) is 8.88. The molecule has 30 heavy (non-hydrogen) atoms. The van der Waals surface area contributed by atoms with Gasteiger partial charge in [0.05, 0.1) is 29.7 Å². The maximum absolute atomic E-state index is 13.6. The topological polar surface area (TPSA) is 96.8 Å². The van der Waals surface area contributed by atoms with Crippen molar-refractivity contribution in [3.63, 3.8) is 0 Å². The van der Waals surface area contributed by atoms with Crippen LogP contribution in [0.5, 0.6) is 0 Å². The zero-order valence-electron chi connectivity index (χ0n) is 17.0. The summed E-state index contributed by atoms with van der Waals surface area (Å²) in [6, 6.07) is 5.80. The largest absolute Gasteiger partial charge is 0.364 e. The minimum Gasteiger partial charge on any atom is -0.364 e. The summed E-state index contributed by atoms with van der Waals surface area (Å²) in [5, 5.41) is 3.48. The molecular weight excluding hydrogens is 378 g/mol. The van der Waals surface area contributed by atoms with Crippen molar-refractivity contribution in [2.24, 2.45) is 5.92 Å². The van der Waals surface area contributed by atoms with Crippen LogP contribution >= 0.6 is 0 Å². The van der Waals surface area contributed by atoms with Crippen molar-refractivity contribution in [3.8, 4) is 11.4 Å². The SMILES string of the molecule is Cc1cnc(NC2CC3CC2N(C(=O)c2nc(C)ccc2-c2ncccn2)C3)cn1. The maximum atomic E-state index is 13.6. The van der Waals surface area contributed by atoms with Gasteiger partial charge in [-0.3, -0.25) is 9.78 Å². The molecule has 3 aromatic heterocycles. The second-order valence-electron chi connectivity index (χ2n) is 8.08. The highest BCUT2D eigenvalue weighted by atomic mass is 16.2. The van der Waals surface area contributed by atoms with Crippen molar-refractivity contribution in [2.45, 2.75) is 38.8 Å². The highest BCUT2D eigenvalue weighted by molar-refractivity contribution is 5.98. The first kappa shape index (κ1) is 18.6. The van der Waals surface area contributed by atoms with Crippen LogP contribution in [-0.2, 0) is 0 Å². The molecular formula is C22H23N7O. The number of nitrogens with zero attached hydrogens (tertiary/aromatic N) is 6. The molecule has 4 heterocycles. The van der Waals surface area contributed by atoms with Crippen LogP contribution in [0.2, 0.25) is 0 Å². The second kappa shape index (κ2) is 7.44. The highest BCUT2D eigenvalue weighted by Gasteiger charge is 2.47. The number of hydrogen-bond donors (Lipinski definition) is 1. The van der Waals surface area contributed by atoms with E-state index < -0.39 is 0 Å². The molecule has 0 spiro atoms.